The minimum absolute atomic E-state index is 0.0414. The summed E-state index contributed by atoms with van der Waals surface area (Å²) in [5.74, 6) is 0. The summed E-state index contributed by atoms with van der Waals surface area (Å²) in [5.41, 5.74) is 0.165. The zero-order chi connectivity index (χ0) is 20.7. The maximum atomic E-state index is 12.1. The Morgan fingerprint density at radius 2 is 1.56 bits per heavy atom. The second-order valence-electron chi connectivity index (χ2n) is 9.33. The zero-order valence-electron chi connectivity index (χ0n) is 18.3. The first-order chi connectivity index (χ1) is 12.5. The van der Waals surface area contributed by atoms with Crippen molar-refractivity contribution >= 4 is 12.2 Å². The van der Waals surface area contributed by atoms with Crippen molar-refractivity contribution < 1.29 is 19.1 Å². The summed E-state index contributed by atoms with van der Waals surface area (Å²) in [5, 5.41) is 5.92. The number of nitrogens with one attached hydrogen (secondary N) is 2. The molecule has 1 fully saturated rings. The number of alkyl carbamates (subject to hydrolysis) is 2. The summed E-state index contributed by atoms with van der Waals surface area (Å²) in [6, 6.07) is 0.0855. The molecule has 0 radical (unpaired) electrons. The topological polar surface area (TPSA) is 76.7 Å². The molecule has 27 heavy (non-hydrogen) atoms. The fraction of sp³-hybridized carbons (Fsp3) is 0.905. The van der Waals surface area contributed by atoms with Gasteiger partial charge in [-0.05, 0) is 63.2 Å². The molecule has 158 valence electrons. The highest BCUT2D eigenvalue weighted by atomic mass is 16.6. The van der Waals surface area contributed by atoms with Gasteiger partial charge in [-0.2, -0.15) is 0 Å². The average Bonchev–Trinajstić information content (AvgIpc) is 2.51. The minimum Gasteiger partial charge on any atom is -0.447 e. The molecule has 0 spiro atoms. The van der Waals surface area contributed by atoms with Crippen LogP contribution >= 0.6 is 0 Å². The zero-order valence-corrected chi connectivity index (χ0v) is 18.3. The molecule has 0 saturated heterocycles. The van der Waals surface area contributed by atoms with Crippen molar-refractivity contribution in [1.29, 1.82) is 0 Å². The third-order valence-corrected chi connectivity index (χ3v) is 5.53. The summed E-state index contributed by atoms with van der Waals surface area (Å²) in [6.07, 6.45) is 4.51. The van der Waals surface area contributed by atoms with E-state index in [9.17, 15) is 9.59 Å². The van der Waals surface area contributed by atoms with E-state index in [1.165, 1.54) is 0 Å². The molecule has 0 aromatic heterocycles. The summed E-state index contributed by atoms with van der Waals surface area (Å²) >= 11 is 0. The number of hydrogen-bond acceptors (Lipinski definition) is 4. The molecule has 1 aliphatic carbocycles. The van der Waals surface area contributed by atoms with Gasteiger partial charge in [-0.3, -0.25) is 0 Å². The highest BCUT2D eigenvalue weighted by Crippen LogP contribution is 2.47. The normalized spacial score (nSPS) is 26.6. The highest BCUT2D eigenvalue weighted by Gasteiger charge is 2.41. The Bertz CT molecular complexity index is 495. The van der Waals surface area contributed by atoms with Crippen molar-refractivity contribution in [3.8, 4) is 0 Å². The number of carbonyl (C=O) groups excluding carboxylic acids is 2. The molecule has 2 amide bonds. The van der Waals surface area contributed by atoms with Gasteiger partial charge in [0.15, 0.2) is 0 Å². The molecule has 0 aliphatic heterocycles. The van der Waals surface area contributed by atoms with Crippen molar-refractivity contribution in [1.82, 2.24) is 10.6 Å². The van der Waals surface area contributed by atoms with Crippen molar-refractivity contribution in [2.24, 2.45) is 10.8 Å². The van der Waals surface area contributed by atoms with E-state index in [-0.39, 0.29) is 41.3 Å². The van der Waals surface area contributed by atoms with Crippen LogP contribution in [0, 0.1) is 10.8 Å². The van der Waals surface area contributed by atoms with Crippen LogP contribution in [0.1, 0.15) is 87.0 Å². The fourth-order valence-corrected chi connectivity index (χ4v) is 4.17. The Balaban J connectivity index is 2.57. The predicted molar refractivity (Wildman–Crippen MR) is 108 cm³/mol. The molecule has 4 unspecified atom stereocenters. The van der Waals surface area contributed by atoms with Gasteiger partial charge in [0, 0.05) is 12.6 Å². The number of amides is 2. The largest absolute Gasteiger partial charge is 0.447 e. The molecule has 6 nitrogen and oxygen atoms in total. The maximum absolute atomic E-state index is 12.1. The van der Waals surface area contributed by atoms with E-state index in [2.05, 4.69) is 31.4 Å². The van der Waals surface area contributed by atoms with Gasteiger partial charge in [-0.15, -0.1) is 0 Å². The molecule has 6 heteroatoms. The monoisotopic (exact) mass is 384 g/mol. The Hall–Kier alpha value is -1.46. The number of rotatable bonds is 8. The van der Waals surface area contributed by atoms with Crippen LogP contribution in [0.4, 0.5) is 9.59 Å². The molecular weight excluding hydrogens is 344 g/mol. The minimum atomic E-state index is -0.352. The molecule has 0 aromatic carbocycles. The molecule has 1 rings (SSSR count). The quantitative estimate of drug-likeness (QED) is 0.616. The van der Waals surface area contributed by atoms with Crippen molar-refractivity contribution in [2.75, 3.05) is 6.54 Å². The summed E-state index contributed by atoms with van der Waals surface area (Å²) in [7, 11) is 0. The predicted octanol–water partition coefficient (Wildman–Crippen LogP) is 5.01. The SMILES string of the molecule is CCC(C)OC(=O)NCCC1(C)CC(NC(=O)OC(C)CC)CC(C)(C)C1. The first-order valence-corrected chi connectivity index (χ1v) is 10.4. The Kier molecular flexibility index (Phi) is 8.89. The van der Waals surface area contributed by atoms with E-state index in [4.69, 9.17) is 9.47 Å². The van der Waals surface area contributed by atoms with Gasteiger partial charge in [0.1, 0.15) is 12.2 Å². The van der Waals surface area contributed by atoms with Gasteiger partial charge < -0.3 is 20.1 Å². The van der Waals surface area contributed by atoms with Crippen LogP contribution in [-0.2, 0) is 9.47 Å². The Morgan fingerprint density at radius 3 is 2.11 bits per heavy atom. The van der Waals surface area contributed by atoms with E-state index >= 15 is 0 Å². The summed E-state index contributed by atoms with van der Waals surface area (Å²) in [6.45, 7) is 15.1. The van der Waals surface area contributed by atoms with Crippen LogP contribution in [0.15, 0.2) is 0 Å². The molecule has 1 saturated carbocycles. The second kappa shape index (κ2) is 10.2. The van der Waals surface area contributed by atoms with Gasteiger partial charge >= 0.3 is 12.2 Å². The lowest BCUT2D eigenvalue weighted by molar-refractivity contribution is 0.0526. The molecule has 4 atom stereocenters. The first-order valence-electron chi connectivity index (χ1n) is 10.4. The molecule has 0 heterocycles. The van der Waals surface area contributed by atoms with Gasteiger partial charge in [-0.25, -0.2) is 9.59 Å². The van der Waals surface area contributed by atoms with Crippen LogP contribution in [0.3, 0.4) is 0 Å². The maximum Gasteiger partial charge on any atom is 0.407 e. The highest BCUT2D eigenvalue weighted by molar-refractivity contribution is 5.68. The van der Waals surface area contributed by atoms with Crippen molar-refractivity contribution in [3.05, 3.63) is 0 Å². The lowest BCUT2D eigenvalue weighted by Crippen LogP contribution is -2.48. The van der Waals surface area contributed by atoms with Gasteiger partial charge in [0.2, 0.25) is 0 Å². The van der Waals surface area contributed by atoms with Gasteiger partial charge in [0.05, 0.1) is 0 Å². The third kappa shape index (κ3) is 8.85. The lowest BCUT2D eigenvalue weighted by Gasteiger charge is -2.47. The van der Waals surface area contributed by atoms with Crippen LogP contribution in [0.25, 0.3) is 0 Å². The van der Waals surface area contributed by atoms with Crippen molar-refractivity contribution in [3.63, 3.8) is 0 Å². The van der Waals surface area contributed by atoms with Crippen LogP contribution < -0.4 is 10.6 Å². The standard InChI is InChI=1S/C21H40N2O4/c1-8-15(3)26-18(24)22-11-10-21(7)13-17(12-20(5,6)14-21)23-19(25)27-16(4)9-2/h15-17H,8-14H2,1-7H3,(H,22,24)(H,23,25). The second-order valence-corrected chi connectivity index (χ2v) is 9.33. The molecule has 1 aliphatic rings. The molecule has 0 bridgehead atoms. The Morgan fingerprint density at radius 1 is 1.00 bits per heavy atom. The average molecular weight is 385 g/mol. The molecule has 0 aromatic rings. The first kappa shape index (κ1) is 23.6. The fourth-order valence-electron chi connectivity index (χ4n) is 4.17. The molecular formula is C21H40N2O4. The number of hydrogen-bond donors (Lipinski definition) is 2. The van der Waals surface area contributed by atoms with E-state index in [0.717, 1.165) is 38.5 Å². The summed E-state index contributed by atoms with van der Waals surface area (Å²) < 4.78 is 10.6. The summed E-state index contributed by atoms with van der Waals surface area (Å²) in [4.78, 5) is 24.0. The van der Waals surface area contributed by atoms with Crippen LogP contribution in [-0.4, -0.2) is 37.0 Å². The smallest absolute Gasteiger partial charge is 0.407 e. The van der Waals surface area contributed by atoms with E-state index in [0.29, 0.717) is 6.54 Å². The number of ether oxygens (including phenoxy) is 2. The van der Waals surface area contributed by atoms with E-state index in [1.54, 1.807) is 0 Å². The Labute approximate surface area is 165 Å². The number of carbonyl (C=O) groups is 2. The van der Waals surface area contributed by atoms with Crippen LogP contribution in [0.2, 0.25) is 0 Å². The third-order valence-electron chi connectivity index (χ3n) is 5.53. The molecule has 2 N–H and O–H groups in total. The van der Waals surface area contributed by atoms with E-state index < -0.39 is 0 Å². The lowest BCUT2D eigenvalue weighted by atomic mass is 9.61. The van der Waals surface area contributed by atoms with E-state index in [1.807, 2.05) is 27.7 Å². The van der Waals surface area contributed by atoms with Gasteiger partial charge in [0.25, 0.3) is 0 Å². The van der Waals surface area contributed by atoms with Gasteiger partial charge in [-0.1, -0.05) is 34.6 Å². The van der Waals surface area contributed by atoms with Crippen LogP contribution in [0.5, 0.6) is 0 Å². The van der Waals surface area contributed by atoms with Crippen molar-refractivity contribution in [2.45, 2.75) is 105 Å².